The molecule has 2 nitrogen and oxygen atoms in total. The van der Waals surface area contributed by atoms with E-state index >= 15 is 0 Å². The van der Waals surface area contributed by atoms with Crippen LogP contribution < -0.4 is 0 Å². The Morgan fingerprint density at radius 1 is 1.29 bits per heavy atom. The second kappa shape index (κ2) is 4.19. The lowest BCUT2D eigenvalue weighted by Crippen LogP contribution is -2.48. The summed E-state index contributed by atoms with van der Waals surface area (Å²) >= 11 is 5.92. The molecule has 2 unspecified atom stereocenters. The number of piperidine rings is 1. The molecule has 1 aliphatic carbocycles. The molecule has 2 aliphatic heterocycles. The standard InChI is InChI=1S/C14H14ClNO/c15-12-3-1-2-11(8-12)14(17)16-9-10-4-6-13(16)7-5-10/h1-4,6,8,10,13H,5,7,9H2. The van der Waals surface area contributed by atoms with Crippen molar-refractivity contribution in [1.82, 2.24) is 4.90 Å². The van der Waals surface area contributed by atoms with E-state index in [0.29, 0.717) is 16.5 Å². The van der Waals surface area contributed by atoms with Crippen molar-refractivity contribution in [2.24, 2.45) is 5.92 Å². The number of hydrogen-bond donors (Lipinski definition) is 0. The van der Waals surface area contributed by atoms with Gasteiger partial charge >= 0.3 is 0 Å². The van der Waals surface area contributed by atoms with Crippen molar-refractivity contribution in [2.75, 3.05) is 6.54 Å². The first-order chi connectivity index (χ1) is 8.24. The highest BCUT2D eigenvalue weighted by Crippen LogP contribution is 2.30. The summed E-state index contributed by atoms with van der Waals surface area (Å²) in [5.74, 6) is 0.648. The molecule has 1 fully saturated rings. The molecule has 4 rings (SSSR count). The van der Waals surface area contributed by atoms with Crippen LogP contribution >= 0.6 is 11.6 Å². The molecular weight excluding hydrogens is 234 g/mol. The summed E-state index contributed by atoms with van der Waals surface area (Å²) in [5, 5.41) is 0.619. The first-order valence-electron chi connectivity index (χ1n) is 5.99. The number of benzene rings is 1. The summed E-state index contributed by atoms with van der Waals surface area (Å²) in [5.41, 5.74) is 0.693. The first kappa shape index (κ1) is 10.8. The maximum atomic E-state index is 12.4. The molecular formula is C14H14ClNO. The van der Waals surface area contributed by atoms with Crippen molar-refractivity contribution in [3.63, 3.8) is 0 Å². The van der Waals surface area contributed by atoms with E-state index in [1.807, 2.05) is 17.0 Å². The number of rotatable bonds is 1. The largest absolute Gasteiger partial charge is 0.332 e. The Hall–Kier alpha value is -1.28. The molecule has 0 spiro atoms. The van der Waals surface area contributed by atoms with Gasteiger partial charge in [0.15, 0.2) is 0 Å². The molecule has 0 N–H and O–H groups in total. The van der Waals surface area contributed by atoms with Crippen molar-refractivity contribution in [3.8, 4) is 0 Å². The Balaban J connectivity index is 1.86. The maximum absolute atomic E-state index is 12.4. The molecule has 2 atom stereocenters. The monoisotopic (exact) mass is 247 g/mol. The SMILES string of the molecule is O=C(c1cccc(Cl)c1)N1CC2C=CC1CC2. The van der Waals surface area contributed by atoms with Gasteiger partial charge in [0.1, 0.15) is 0 Å². The van der Waals surface area contributed by atoms with Crippen LogP contribution in [0.1, 0.15) is 23.2 Å². The number of nitrogens with zero attached hydrogens (tertiary/aromatic N) is 1. The van der Waals surface area contributed by atoms with Gasteiger partial charge < -0.3 is 4.90 Å². The van der Waals surface area contributed by atoms with Crippen LogP contribution in [0.4, 0.5) is 0 Å². The van der Waals surface area contributed by atoms with Gasteiger partial charge in [0, 0.05) is 17.1 Å². The maximum Gasteiger partial charge on any atom is 0.254 e. The molecule has 0 saturated carbocycles. The zero-order valence-corrected chi connectivity index (χ0v) is 10.2. The smallest absolute Gasteiger partial charge is 0.254 e. The first-order valence-corrected chi connectivity index (χ1v) is 6.37. The molecule has 1 aromatic carbocycles. The highest BCUT2D eigenvalue weighted by molar-refractivity contribution is 6.30. The topological polar surface area (TPSA) is 20.3 Å². The van der Waals surface area contributed by atoms with Gasteiger partial charge in [0.25, 0.3) is 5.91 Å². The van der Waals surface area contributed by atoms with Crippen molar-refractivity contribution in [3.05, 3.63) is 47.0 Å². The predicted octanol–water partition coefficient (Wildman–Crippen LogP) is 3.13. The van der Waals surface area contributed by atoms with Crippen LogP contribution in [0.5, 0.6) is 0 Å². The summed E-state index contributed by atoms with van der Waals surface area (Å²) in [6.45, 7) is 0.854. The van der Waals surface area contributed by atoms with E-state index in [0.717, 1.165) is 13.0 Å². The number of carbonyl (C=O) groups is 1. The minimum Gasteiger partial charge on any atom is -0.332 e. The van der Waals surface area contributed by atoms with E-state index in [1.54, 1.807) is 12.1 Å². The number of fused-ring (bicyclic) bond motifs is 2. The summed E-state index contributed by atoms with van der Waals surface area (Å²) in [6.07, 6.45) is 6.71. The summed E-state index contributed by atoms with van der Waals surface area (Å²) in [7, 11) is 0. The lowest BCUT2D eigenvalue weighted by molar-refractivity contribution is 0.0599. The molecule has 1 amide bonds. The fraction of sp³-hybridized carbons (Fsp3) is 0.357. The third kappa shape index (κ3) is 1.98. The highest BCUT2D eigenvalue weighted by Gasteiger charge is 2.33. The Bertz CT molecular complexity index is 483. The summed E-state index contributed by atoms with van der Waals surface area (Å²) in [4.78, 5) is 14.3. The molecule has 1 saturated heterocycles. The quantitative estimate of drug-likeness (QED) is 0.699. The van der Waals surface area contributed by atoms with Gasteiger partial charge in [0.05, 0.1) is 6.04 Å². The number of carbonyl (C=O) groups excluding carboxylic acids is 1. The summed E-state index contributed by atoms with van der Waals surface area (Å²) in [6, 6.07) is 7.48. The lowest BCUT2D eigenvalue weighted by atomic mass is 9.86. The molecule has 1 aromatic rings. The molecule has 3 heteroatoms. The average molecular weight is 248 g/mol. The van der Waals surface area contributed by atoms with Gasteiger partial charge in [-0.2, -0.15) is 0 Å². The fourth-order valence-electron chi connectivity index (χ4n) is 2.68. The second-order valence-corrected chi connectivity index (χ2v) is 5.19. The molecule has 0 aromatic heterocycles. The zero-order chi connectivity index (χ0) is 11.8. The molecule has 3 aliphatic rings. The van der Waals surface area contributed by atoms with Gasteiger partial charge in [-0.05, 0) is 37.0 Å². The van der Waals surface area contributed by atoms with Crippen LogP contribution in [-0.2, 0) is 0 Å². The minimum absolute atomic E-state index is 0.103. The zero-order valence-electron chi connectivity index (χ0n) is 9.47. The van der Waals surface area contributed by atoms with Gasteiger partial charge in [-0.1, -0.05) is 29.8 Å². The highest BCUT2D eigenvalue weighted by atomic mass is 35.5. The van der Waals surface area contributed by atoms with Gasteiger partial charge in [-0.3, -0.25) is 4.79 Å². The third-order valence-electron chi connectivity index (χ3n) is 3.60. The Labute approximate surface area is 106 Å². The second-order valence-electron chi connectivity index (χ2n) is 4.76. The van der Waals surface area contributed by atoms with E-state index in [4.69, 9.17) is 11.6 Å². The molecule has 0 radical (unpaired) electrons. The van der Waals surface area contributed by atoms with Gasteiger partial charge in [-0.25, -0.2) is 0 Å². The Morgan fingerprint density at radius 3 is 2.76 bits per heavy atom. The number of hydrogen-bond acceptors (Lipinski definition) is 1. The number of halogens is 1. The van der Waals surface area contributed by atoms with Crippen molar-refractivity contribution in [2.45, 2.75) is 18.9 Å². The van der Waals surface area contributed by atoms with Crippen molar-refractivity contribution < 1.29 is 4.79 Å². The van der Waals surface area contributed by atoms with Crippen LogP contribution in [0.15, 0.2) is 36.4 Å². The third-order valence-corrected chi connectivity index (χ3v) is 3.84. The van der Waals surface area contributed by atoms with Crippen LogP contribution in [0.2, 0.25) is 5.02 Å². The van der Waals surface area contributed by atoms with Gasteiger partial charge in [0.2, 0.25) is 0 Å². The van der Waals surface area contributed by atoms with Crippen molar-refractivity contribution in [1.29, 1.82) is 0 Å². The van der Waals surface area contributed by atoms with Crippen LogP contribution in [0.3, 0.4) is 0 Å². The van der Waals surface area contributed by atoms with Crippen LogP contribution in [0, 0.1) is 5.92 Å². The molecule has 2 bridgehead atoms. The number of amides is 1. The van der Waals surface area contributed by atoms with Gasteiger partial charge in [-0.15, -0.1) is 0 Å². The van der Waals surface area contributed by atoms with E-state index in [1.165, 1.54) is 6.42 Å². The molecule has 88 valence electrons. The Kier molecular flexibility index (Phi) is 2.67. The van der Waals surface area contributed by atoms with Crippen LogP contribution in [0.25, 0.3) is 0 Å². The van der Waals surface area contributed by atoms with E-state index in [9.17, 15) is 4.79 Å². The normalized spacial score (nSPS) is 26.3. The Morgan fingerprint density at radius 2 is 2.18 bits per heavy atom. The molecule has 2 heterocycles. The van der Waals surface area contributed by atoms with Crippen LogP contribution in [-0.4, -0.2) is 23.4 Å². The minimum atomic E-state index is 0.103. The lowest BCUT2D eigenvalue weighted by Gasteiger charge is -2.41. The fourth-order valence-corrected chi connectivity index (χ4v) is 2.87. The van der Waals surface area contributed by atoms with Crippen molar-refractivity contribution >= 4 is 17.5 Å². The van der Waals surface area contributed by atoms with E-state index in [2.05, 4.69) is 12.2 Å². The molecule has 17 heavy (non-hydrogen) atoms. The van der Waals surface area contributed by atoms with E-state index < -0.39 is 0 Å². The summed E-state index contributed by atoms with van der Waals surface area (Å²) < 4.78 is 0. The average Bonchev–Trinajstić information content (AvgIpc) is 2.39. The predicted molar refractivity (Wildman–Crippen MR) is 68.1 cm³/mol. The van der Waals surface area contributed by atoms with E-state index in [-0.39, 0.29) is 11.9 Å².